The van der Waals surface area contributed by atoms with E-state index in [0.29, 0.717) is 5.75 Å². The fraction of sp³-hybridized carbons (Fsp3) is 0.389. The van der Waals surface area contributed by atoms with Gasteiger partial charge in [0.1, 0.15) is 23.7 Å². The molecule has 156 valence electrons. The van der Waals surface area contributed by atoms with Crippen molar-refractivity contribution in [2.45, 2.75) is 31.5 Å². The van der Waals surface area contributed by atoms with Crippen LogP contribution < -0.4 is 20.1 Å². The van der Waals surface area contributed by atoms with Crippen molar-refractivity contribution in [3.8, 4) is 11.5 Å². The number of rotatable bonds is 4. The SMILES string of the molecule is COc1ccc(OC(=O)N(C)c2nc(=O)n([C@H]3O[C@@H](C)[C@H](O)[C@@H]3O)cc2F)cc1. The van der Waals surface area contributed by atoms with E-state index in [1.54, 1.807) is 12.1 Å². The molecule has 2 N–H and O–H groups in total. The number of methoxy groups -OCH3 is 1. The van der Waals surface area contributed by atoms with Gasteiger partial charge in [0.15, 0.2) is 17.9 Å². The van der Waals surface area contributed by atoms with Gasteiger partial charge < -0.3 is 24.4 Å². The van der Waals surface area contributed by atoms with Crippen LogP contribution in [0.3, 0.4) is 0 Å². The number of anilines is 1. The van der Waals surface area contributed by atoms with Gasteiger partial charge in [-0.15, -0.1) is 0 Å². The lowest BCUT2D eigenvalue weighted by atomic mass is 10.1. The first-order chi connectivity index (χ1) is 13.7. The Balaban J connectivity index is 1.80. The molecule has 2 heterocycles. The molecule has 0 radical (unpaired) electrons. The first kappa shape index (κ1) is 20.7. The van der Waals surface area contributed by atoms with E-state index in [9.17, 15) is 24.2 Å². The van der Waals surface area contributed by atoms with Crippen molar-refractivity contribution >= 4 is 11.9 Å². The molecule has 3 rings (SSSR count). The minimum Gasteiger partial charge on any atom is -0.497 e. The molecule has 11 heteroatoms. The number of aromatic nitrogens is 2. The number of benzene rings is 1. The van der Waals surface area contributed by atoms with Gasteiger partial charge in [0.05, 0.1) is 19.4 Å². The summed E-state index contributed by atoms with van der Waals surface area (Å²) < 4.78 is 30.7. The van der Waals surface area contributed by atoms with Crippen LogP contribution in [0.25, 0.3) is 0 Å². The molecule has 0 spiro atoms. The van der Waals surface area contributed by atoms with Gasteiger partial charge in [-0.3, -0.25) is 9.47 Å². The van der Waals surface area contributed by atoms with Crippen LogP contribution in [-0.2, 0) is 4.74 Å². The Labute approximate surface area is 164 Å². The third kappa shape index (κ3) is 4.06. The van der Waals surface area contributed by atoms with Crippen LogP contribution in [0.5, 0.6) is 11.5 Å². The summed E-state index contributed by atoms with van der Waals surface area (Å²) in [6.07, 6.45) is -4.96. The van der Waals surface area contributed by atoms with Gasteiger partial charge in [0.25, 0.3) is 0 Å². The highest BCUT2D eigenvalue weighted by Gasteiger charge is 2.42. The van der Waals surface area contributed by atoms with Crippen molar-refractivity contribution in [2.75, 3.05) is 19.1 Å². The second-order valence-electron chi connectivity index (χ2n) is 6.42. The van der Waals surface area contributed by atoms with E-state index in [0.717, 1.165) is 15.7 Å². The van der Waals surface area contributed by atoms with E-state index >= 15 is 0 Å². The van der Waals surface area contributed by atoms with Gasteiger partial charge in [-0.25, -0.2) is 14.0 Å². The molecule has 1 saturated heterocycles. The summed E-state index contributed by atoms with van der Waals surface area (Å²) >= 11 is 0. The summed E-state index contributed by atoms with van der Waals surface area (Å²) in [5.74, 6) is -0.846. The van der Waals surface area contributed by atoms with Gasteiger partial charge in [0, 0.05) is 7.05 Å². The number of hydrogen-bond donors (Lipinski definition) is 2. The van der Waals surface area contributed by atoms with Crippen molar-refractivity contribution < 1.29 is 33.6 Å². The monoisotopic (exact) mass is 409 g/mol. The van der Waals surface area contributed by atoms with Crippen molar-refractivity contribution in [3.05, 3.63) is 46.8 Å². The second-order valence-corrected chi connectivity index (χ2v) is 6.42. The molecular formula is C18H20FN3O7. The van der Waals surface area contributed by atoms with Gasteiger partial charge in [-0.05, 0) is 31.2 Å². The largest absolute Gasteiger partial charge is 0.497 e. The molecule has 4 atom stereocenters. The van der Waals surface area contributed by atoms with Crippen LogP contribution in [0.2, 0.25) is 0 Å². The lowest BCUT2D eigenvalue weighted by Gasteiger charge is -2.20. The maximum atomic E-state index is 14.6. The Morgan fingerprint density at radius 1 is 1.24 bits per heavy atom. The van der Waals surface area contributed by atoms with Crippen molar-refractivity contribution in [1.82, 2.24) is 9.55 Å². The van der Waals surface area contributed by atoms with Crippen LogP contribution in [0.1, 0.15) is 13.2 Å². The topological polar surface area (TPSA) is 123 Å². The van der Waals surface area contributed by atoms with E-state index in [1.807, 2.05) is 0 Å². The van der Waals surface area contributed by atoms with Gasteiger partial charge >= 0.3 is 11.8 Å². The Morgan fingerprint density at radius 2 is 1.86 bits per heavy atom. The molecule has 1 amide bonds. The number of ether oxygens (including phenoxy) is 3. The molecule has 0 unspecified atom stereocenters. The molecule has 2 aromatic rings. The highest BCUT2D eigenvalue weighted by atomic mass is 19.1. The quantitative estimate of drug-likeness (QED) is 0.755. The molecule has 0 saturated carbocycles. The number of hydrogen-bond acceptors (Lipinski definition) is 8. The van der Waals surface area contributed by atoms with Crippen LogP contribution in [-0.4, -0.2) is 58.3 Å². The Bertz CT molecular complexity index is 949. The van der Waals surface area contributed by atoms with E-state index in [1.165, 1.54) is 33.2 Å². The van der Waals surface area contributed by atoms with Crippen LogP contribution >= 0.6 is 0 Å². The Kier molecular flexibility index (Phi) is 5.82. The number of amides is 1. The second kappa shape index (κ2) is 8.15. The fourth-order valence-corrected chi connectivity index (χ4v) is 2.81. The van der Waals surface area contributed by atoms with Gasteiger partial charge in [0.2, 0.25) is 0 Å². The molecule has 0 bridgehead atoms. The zero-order valence-electron chi connectivity index (χ0n) is 15.9. The first-order valence-corrected chi connectivity index (χ1v) is 8.62. The smallest absolute Gasteiger partial charge is 0.420 e. The normalized spacial score (nSPS) is 23.7. The number of carbonyl (C=O) groups is 1. The zero-order valence-corrected chi connectivity index (χ0v) is 15.9. The van der Waals surface area contributed by atoms with Crippen molar-refractivity contribution in [2.24, 2.45) is 0 Å². The van der Waals surface area contributed by atoms with Crippen LogP contribution in [0.4, 0.5) is 15.0 Å². The lowest BCUT2D eigenvalue weighted by molar-refractivity contribution is -0.0355. The summed E-state index contributed by atoms with van der Waals surface area (Å²) in [5, 5.41) is 19.8. The lowest BCUT2D eigenvalue weighted by Crippen LogP contribution is -2.38. The number of carbonyl (C=O) groups excluding carboxylic acids is 1. The third-order valence-corrected chi connectivity index (χ3v) is 4.50. The standard InChI is InChI=1S/C18H20FN3O7/c1-9-13(23)14(24)16(28-9)22-8-12(19)15(20-17(22)25)21(2)18(26)29-11-6-4-10(27-3)5-7-11/h4-9,13-14,16,23-24H,1-3H3/t9-,13-,14-,16-/m0/s1. The minimum absolute atomic E-state index is 0.182. The van der Waals surface area contributed by atoms with Crippen LogP contribution in [0, 0.1) is 5.82 Å². The molecule has 1 aliphatic rings. The zero-order chi connectivity index (χ0) is 21.3. The van der Waals surface area contributed by atoms with E-state index < -0.39 is 48.0 Å². The van der Waals surface area contributed by atoms with Gasteiger partial charge in [-0.2, -0.15) is 4.98 Å². The van der Waals surface area contributed by atoms with Crippen molar-refractivity contribution in [3.63, 3.8) is 0 Å². The third-order valence-electron chi connectivity index (χ3n) is 4.50. The summed E-state index contributed by atoms with van der Waals surface area (Å²) in [6, 6.07) is 6.12. The van der Waals surface area contributed by atoms with Gasteiger partial charge in [-0.1, -0.05) is 0 Å². The average molecular weight is 409 g/mol. The predicted molar refractivity (Wildman–Crippen MR) is 97.5 cm³/mol. The molecule has 29 heavy (non-hydrogen) atoms. The molecule has 0 aliphatic carbocycles. The summed E-state index contributed by atoms with van der Waals surface area (Å²) in [4.78, 5) is 28.9. The summed E-state index contributed by atoms with van der Waals surface area (Å²) in [6.45, 7) is 1.50. The number of aliphatic hydroxyl groups is 2. The maximum Gasteiger partial charge on any atom is 0.420 e. The highest BCUT2D eigenvalue weighted by Crippen LogP contribution is 2.28. The molecular weight excluding hydrogens is 389 g/mol. The highest BCUT2D eigenvalue weighted by molar-refractivity contribution is 5.87. The average Bonchev–Trinajstić information content (AvgIpc) is 2.96. The Hall–Kier alpha value is -3.02. The maximum absolute atomic E-state index is 14.6. The number of halogens is 1. The van der Waals surface area contributed by atoms with E-state index in [-0.39, 0.29) is 5.75 Å². The van der Waals surface area contributed by atoms with Crippen molar-refractivity contribution in [1.29, 1.82) is 0 Å². The summed E-state index contributed by atoms with van der Waals surface area (Å²) in [5.41, 5.74) is -0.976. The Morgan fingerprint density at radius 3 is 2.41 bits per heavy atom. The molecule has 1 aromatic carbocycles. The summed E-state index contributed by atoms with van der Waals surface area (Å²) in [7, 11) is 2.68. The molecule has 1 aromatic heterocycles. The first-order valence-electron chi connectivity index (χ1n) is 8.62. The number of aliphatic hydroxyl groups excluding tert-OH is 2. The van der Waals surface area contributed by atoms with E-state index in [2.05, 4.69) is 4.98 Å². The molecule has 1 fully saturated rings. The minimum atomic E-state index is -1.44. The fourth-order valence-electron chi connectivity index (χ4n) is 2.81. The predicted octanol–water partition coefficient (Wildman–Crippen LogP) is 0.665. The molecule has 10 nitrogen and oxygen atoms in total. The van der Waals surface area contributed by atoms with Crippen LogP contribution in [0.15, 0.2) is 35.3 Å². The van der Waals surface area contributed by atoms with E-state index in [4.69, 9.17) is 14.2 Å². The number of nitrogens with zero attached hydrogens (tertiary/aromatic N) is 3. The molecule has 1 aliphatic heterocycles.